The molecule has 0 radical (unpaired) electrons. The van der Waals surface area contributed by atoms with E-state index in [0.717, 1.165) is 77.0 Å². The first-order valence-corrected chi connectivity index (χ1v) is 39.7. The summed E-state index contributed by atoms with van der Waals surface area (Å²) < 4.78 is 17.8. The van der Waals surface area contributed by atoms with Crippen LogP contribution in [0.4, 0.5) is 0 Å². The third-order valence-electron chi connectivity index (χ3n) is 18.6. The summed E-state index contributed by atoms with van der Waals surface area (Å²) in [6, 6.07) is -1.03. The summed E-state index contributed by atoms with van der Waals surface area (Å²) in [4.78, 5) is 26.8. The van der Waals surface area contributed by atoms with E-state index in [-0.39, 0.29) is 13.0 Å². The smallest absolute Gasteiger partial charge is 0.306 e. The van der Waals surface area contributed by atoms with Gasteiger partial charge in [-0.3, -0.25) is 9.59 Å². The molecule has 1 aliphatic heterocycles. The van der Waals surface area contributed by atoms with Crippen molar-refractivity contribution in [3.8, 4) is 0 Å². The summed E-state index contributed by atoms with van der Waals surface area (Å²) in [6.07, 6.45) is 80.9. The lowest BCUT2D eigenvalue weighted by molar-refractivity contribution is -0.305. The first-order valence-electron chi connectivity index (χ1n) is 39.7. The second-order valence-electron chi connectivity index (χ2n) is 27.4. The van der Waals surface area contributed by atoms with Crippen LogP contribution in [0.25, 0.3) is 0 Å². The number of hydrogen-bond acceptors (Lipinski definition) is 10. The standard InChI is InChI=1S/C82H149NO10/c1-4-7-10-13-16-19-22-25-27-29-31-33-35-37-38-39-41-43-45-47-49-52-55-58-61-64-67-70-77(87)93-80-79(89)78(88)76(71-84)92-82(80)91-72-73(74(85)68-65-62-59-56-53-50-24-21-18-15-12-9-6-3)83-81(90)75(86)69-66-63-60-57-54-51-48-46-44-42-40-36-34-32-30-28-26-23-20-17-14-11-8-5-2/h16-17,19-20,25-28,31,33,65,68,73-76,78-80,82,84-86,88-89H,4-15,18,21-24,29-30,32,34-64,66-67,69-72H2,1-3H3,(H,83,90)/b19-16-,20-17-,27-25-,28-26-,33-31-,68-65+. The molecule has 6 N–H and O–H groups in total. The van der Waals surface area contributed by atoms with Gasteiger partial charge < -0.3 is 45.1 Å². The van der Waals surface area contributed by atoms with Crippen molar-refractivity contribution in [1.29, 1.82) is 0 Å². The highest BCUT2D eigenvalue weighted by atomic mass is 16.7. The van der Waals surface area contributed by atoms with E-state index >= 15 is 0 Å². The molecule has 1 amide bonds. The minimum Gasteiger partial charge on any atom is -0.454 e. The molecule has 11 heteroatoms. The van der Waals surface area contributed by atoms with Gasteiger partial charge in [0.25, 0.3) is 0 Å². The number of aliphatic hydroxyl groups excluding tert-OH is 5. The molecule has 1 heterocycles. The van der Waals surface area contributed by atoms with Gasteiger partial charge in [-0.1, -0.05) is 344 Å². The quantitative estimate of drug-likeness (QED) is 0.0195. The first-order chi connectivity index (χ1) is 45.7. The normalized spacial score (nSPS) is 18.2. The second kappa shape index (κ2) is 69.0. The van der Waals surface area contributed by atoms with Crippen molar-refractivity contribution in [1.82, 2.24) is 5.32 Å². The monoisotopic (exact) mass is 1310 g/mol. The number of ether oxygens (including phenoxy) is 3. The molecule has 0 aromatic rings. The average Bonchev–Trinajstić information content (AvgIpc) is 0.844. The number of esters is 1. The number of unbranched alkanes of at least 4 members (excludes halogenated alkanes) is 45. The molecule has 1 aliphatic rings. The summed E-state index contributed by atoms with van der Waals surface area (Å²) in [7, 11) is 0. The van der Waals surface area contributed by atoms with Crippen LogP contribution in [-0.2, 0) is 23.8 Å². The van der Waals surface area contributed by atoms with Crippen molar-refractivity contribution < 1.29 is 49.3 Å². The first kappa shape index (κ1) is 88.1. The Hall–Kier alpha value is -2.90. The van der Waals surface area contributed by atoms with Crippen LogP contribution in [0.15, 0.2) is 72.9 Å². The zero-order valence-electron chi connectivity index (χ0n) is 60.6. The Bertz CT molecular complexity index is 1800. The fourth-order valence-electron chi connectivity index (χ4n) is 12.3. The zero-order chi connectivity index (χ0) is 67.4. The number of carbonyl (C=O) groups excluding carboxylic acids is 2. The molecule has 1 fully saturated rings. The van der Waals surface area contributed by atoms with Crippen molar-refractivity contribution >= 4 is 11.9 Å². The maximum atomic E-state index is 13.5. The summed E-state index contributed by atoms with van der Waals surface area (Å²) in [6.45, 7) is 5.80. The molecule has 8 atom stereocenters. The van der Waals surface area contributed by atoms with Crippen LogP contribution in [0.1, 0.15) is 374 Å². The highest BCUT2D eigenvalue weighted by molar-refractivity contribution is 5.80. The van der Waals surface area contributed by atoms with Crippen molar-refractivity contribution in [2.45, 2.75) is 423 Å². The van der Waals surface area contributed by atoms with E-state index in [1.807, 2.05) is 6.08 Å². The van der Waals surface area contributed by atoms with Crippen LogP contribution >= 0.6 is 0 Å². The Balaban J connectivity index is 2.51. The molecule has 0 saturated carbocycles. The lowest BCUT2D eigenvalue weighted by Crippen LogP contribution is -2.61. The van der Waals surface area contributed by atoms with Gasteiger partial charge in [-0.05, 0) is 96.3 Å². The summed E-state index contributed by atoms with van der Waals surface area (Å²) >= 11 is 0. The van der Waals surface area contributed by atoms with Gasteiger partial charge in [0.1, 0.15) is 24.4 Å². The minimum absolute atomic E-state index is 0.123. The van der Waals surface area contributed by atoms with Crippen molar-refractivity contribution in [3.63, 3.8) is 0 Å². The van der Waals surface area contributed by atoms with Crippen molar-refractivity contribution in [2.75, 3.05) is 13.2 Å². The van der Waals surface area contributed by atoms with Gasteiger partial charge in [-0.2, -0.15) is 0 Å². The Labute approximate surface area is 572 Å². The molecule has 93 heavy (non-hydrogen) atoms. The van der Waals surface area contributed by atoms with Gasteiger partial charge in [-0.25, -0.2) is 0 Å². The van der Waals surface area contributed by atoms with E-state index < -0.39 is 67.4 Å². The predicted octanol–water partition coefficient (Wildman–Crippen LogP) is 21.4. The molecule has 0 aliphatic carbocycles. The largest absolute Gasteiger partial charge is 0.454 e. The lowest BCUT2D eigenvalue weighted by atomic mass is 9.99. The fourth-order valence-corrected chi connectivity index (χ4v) is 12.3. The number of carbonyl (C=O) groups is 2. The van der Waals surface area contributed by atoms with Crippen LogP contribution in [0.2, 0.25) is 0 Å². The third-order valence-corrected chi connectivity index (χ3v) is 18.6. The van der Waals surface area contributed by atoms with E-state index in [0.29, 0.717) is 19.3 Å². The molecule has 0 aromatic carbocycles. The van der Waals surface area contributed by atoms with E-state index in [1.54, 1.807) is 6.08 Å². The number of amides is 1. The van der Waals surface area contributed by atoms with E-state index in [4.69, 9.17) is 14.2 Å². The Morgan fingerprint density at radius 1 is 0.419 bits per heavy atom. The maximum absolute atomic E-state index is 13.5. The van der Waals surface area contributed by atoms with Gasteiger partial charge in [0.15, 0.2) is 12.4 Å². The SMILES string of the molecule is CCCCC/C=C\C/C=C\C/C=C\CCCCCCCCCCCCCCCCC(=O)OC1C(OCC(NC(=O)C(O)CCCCCCCCCCCCCCCC/C=C\C/C=C\CCCCC)C(O)/C=C/CCCCCCCCCCCCC)OC(CO)C(O)C1O. The molecular formula is C82H149NO10. The highest BCUT2D eigenvalue weighted by Gasteiger charge is 2.47. The van der Waals surface area contributed by atoms with E-state index in [1.165, 1.54) is 250 Å². The Morgan fingerprint density at radius 3 is 1.13 bits per heavy atom. The van der Waals surface area contributed by atoms with E-state index in [2.05, 4.69) is 86.8 Å². The molecule has 1 saturated heterocycles. The Morgan fingerprint density at radius 2 is 0.742 bits per heavy atom. The minimum atomic E-state index is -1.62. The molecule has 11 nitrogen and oxygen atoms in total. The van der Waals surface area contributed by atoms with Gasteiger partial charge in [0, 0.05) is 6.42 Å². The molecule has 0 bridgehead atoms. The van der Waals surface area contributed by atoms with E-state index in [9.17, 15) is 35.1 Å². The van der Waals surface area contributed by atoms with Gasteiger partial charge in [0.05, 0.1) is 25.4 Å². The van der Waals surface area contributed by atoms with Crippen molar-refractivity contribution in [2.24, 2.45) is 0 Å². The molecule has 0 spiro atoms. The third kappa shape index (κ3) is 55.8. The average molecular weight is 1310 g/mol. The van der Waals surface area contributed by atoms with Crippen LogP contribution in [0.5, 0.6) is 0 Å². The molecular weight excluding hydrogens is 1160 g/mol. The van der Waals surface area contributed by atoms with Gasteiger partial charge in [-0.15, -0.1) is 0 Å². The fraction of sp³-hybridized carbons (Fsp3) is 0.829. The number of rotatable bonds is 69. The van der Waals surface area contributed by atoms with Gasteiger partial charge in [0.2, 0.25) is 5.91 Å². The molecule has 0 aromatic heterocycles. The zero-order valence-corrected chi connectivity index (χ0v) is 60.6. The van der Waals surface area contributed by atoms with Crippen LogP contribution in [0.3, 0.4) is 0 Å². The van der Waals surface area contributed by atoms with Gasteiger partial charge >= 0.3 is 5.97 Å². The van der Waals surface area contributed by atoms with Crippen LogP contribution < -0.4 is 5.32 Å². The number of allylic oxidation sites excluding steroid dienone is 11. The summed E-state index contributed by atoms with van der Waals surface area (Å²) in [5.74, 6) is -1.18. The summed E-state index contributed by atoms with van der Waals surface area (Å²) in [5.41, 5.74) is 0. The Kier molecular flexibility index (Phi) is 65.4. The topological polar surface area (TPSA) is 175 Å². The number of nitrogens with one attached hydrogen (secondary N) is 1. The molecule has 1 rings (SSSR count). The molecule has 8 unspecified atom stereocenters. The lowest BCUT2D eigenvalue weighted by Gasteiger charge is -2.41. The van der Waals surface area contributed by atoms with Crippen molar-refractivity contribution in [3.05, 3.63) is 72.9 Å². The van der Waals surface area contributed by atoms with Crippen LogP contribution in [-0.4, -0.2) is 99.6 Å². The maximum Gasteiger partial charge on any atom is 0.306 e. The number of aliphatic hydroxyl groups is 5. The summed E-state index contributed by atoms with van der Waals surface area (Å²) in [5, 5.41) is 57.5. The molecule has 542 valence electrons. The predicted molar refractivity (Wildman–Crippen MR) is 393 cm³/mol. The second-order valence-corrected chi connectivity index (χ2v) is 27.4. The number of hydrogen-bond donors (Lipinski definition) is 6. The highest BCUT2D eigenvalue weighted by Crippen LogP contribution is 2.27. The van der Waals surface area contributed by atoms with Crippen LogP contribution in [0, 0.1) is 0 Å².